The number of ketones is 1. The number of aliphatic hydroxyl groups is 1. The minimum Gasteiger partial charge on any atom is -0.508 e. The van der Waals surface area contributed by atoms with Gasteiger partial charge in [0, 0.05) is 5.56 Å². The Bertz CT molecular complexity index is 486. The Morgan fingerprint density at radius 3 is 2.53 bits per heavy atom. The van der Waals surface area contributed by atoms with E-state index in [0.717, 1.165) is 0 Å². The van der Waals surface area contributed by atoms with E-state index in [1.54, 1.807) is 31.2 Å². The smallest absolute Gasteiger partial charge is 0.309 e. The Morgan fingerprint density at radius 2 is 1.89 bits per heavy atom. The number of hydrogen-bond donors (Lipinski definition) is 1. The zero-order chi connectivity index (χ0) is 14.1. The van der Waals surface area contributed by atoms with Gasteiger partial charge in [-0.25, -0.2) is 0 Å². The Kier molecular flexibility index (Phi) is 6.09. The number of benzene rings is 1. The van der Waals surface area contributed by atoms with Crippen molar-refractivity contribution in [3.63, 3.8) is 0 Å². The van der Waals surface area contributed by atoms with E-state index in [4.69, 9.17) is 4.74 Å². The first-order valence-corrected chi connectivity index (χ1v) is 5.95. The predicted molar refractivity (Wildman–Crippen MR) is 71.9 cm³/mol. The molecule has 0 fully saturated rings. The SMILES string of the molecule is CCOC(=O)CC=C(O)C=CC(=O)c1ccccc1. The van der Waals surface area contributed by atoms with Crippen molar-refractivity contribution in [2.45, 2.75) is 13.3 Å². The van der Waals surface area contributed by atoms with Crippen LogP contribution < -0.4 is 0 Å². The number of aliphatic hydroxyl groups excluding tert-OH is 1. The molecule has 0 saturated heterocycles. The third kappa shape index (κ3) is 5.68. The maximum Gasteiger partial charge on any atom is 0.309 e. The van der Waals surface area contributed by atoms with Crippen molar-refractivity contribution in [1.82, 2.24) is 0 Å². The normalized spacial score (nSPS) is 11.5. The van der Waals surface area contributed by atoms with Gasteiger partial charge in [-0.3, -0.25) is 9.59 Å². The number of carbonyl (C=O) groups excluding carboxylic acids is 2. The number of rotatable bonds is 6. The van der Waals surface area contributed by atoms with Crippen LogP contribution in [0.5, 0.6) is 0 Å². The van der Waals surface area contributed by atoms with Crippen LogP contribution in [0.3, 0.4) is 0 Å². The lowest BCUT2D eigenvalue weighted by Gasteiger charge is -1.97. The van der Waals surface area contributed by atoms with Gasteiger partial charge in [0.15, 0.2) is 5.78 Å². The summed E-state index contributed by atoms with van der Waals surface area (Å²) in [6.45, 7) is 2.01. The Balaban J connectivity index is 2.54. The van der Waals surface area contributed by atoms with Crippen molar-refractivity contribution in [3.8, 4) is 0 Å². The van der Waals surface area contributed by atoms with Crippen LogP contribution >= 0.6 is 0 Å². The van der Waals surface area contributed by atoms with Gasteiger partial charge in [0.2, 0.25) is 0 Å². The average molecular weight is 260 g/mol. The second kappa shape index (κ2) is 7.87. The van der Waals surface area contributed by atoms with Gasteiger partial charge < -0.3 is 9.84 Å². The fourth-order valence-corrected chi connectivity index (χ4v) is 1.34. The molecule has 0 amide bonds. The molecule has 19 heavy (non-hydrogen) atoms. The minimum atomic E-state index is -0.420. The third-order valence-corrected chi connectivity index (χ3v) is 2.25. The monoisotopic (exact) mass is 260 g/mol. The molecule has 0 saturated carbocycles. The van der Waals surface area contributed by atoms with Crippen LogP contribution in [-0.2, 0) is 9.53 Å². The van der Waals surface area contributed by atoms with Gasteiger partial charge in [-0.1, -0.05) is 30.3 Å². The summed E-state index contributed by atoms with van der Waals surface area (Å²) >= 11 is 0. The van der Waals surface area contributed by atoms with Crippen molar-refractivity contribution < 1.29 is 19.4 Å². The molecule has 4 heteroatoms. The summed E-state index contributed by atoms with van der Waals surface area (Å²) in [6.07, 6.45) is 3.79. The summed E-state index contributed by atoms with van der Waals surface area (Å²) in [5.41, 5.74) is 0.539. The molecule has 0 unspecified atom stereocenters. The molecule has 0 aliphatic heterocycles. The second-order valence-electron chi connectivity index (χ2n) is 3.70. The summed E-state index contributed by atoms with van der Waals surface area (Å²) < 4.78 is 4.70. The number of carbonyl (C=O) groups is 2. The van der Waals surface area contributed by atoms with Crippen LogP contribution in [0.4, 0.5) is 0 Å². The fourth-order valence-electron chi connectivity index (χ4n) is 1.34. The van der Waals surface area contributed by atoms with Crippen LogP contribution in [0.1, 0.15) is 23.7 Å². The second-order valence-corrected chi connectivity index (χ2v) is 3.70. The molecule has 0 bridgehead atoms. The maximum absolute atomic E-state index is 11.7. The van der Waals surface area contributed by atoms with Gasteiger partial charge in [0.25, 0.3) is 0 Å². The molecule has 0 atom stereocenters. The molecule has 0 spiro atoms. The molecule has 1 aromatic carbocycles. The van der Waals surface area contributed by atoms with Crippen molar-refractivity contribution >= 4 is 11.8 Å². The van der Waals surface area contributed by atoms with Gasteiger partial charge in [-0.05, 0) is 25.2 Å². The molecule has 0 radical (unpaired) electrons. The van der Waals surface area contributed by atoms with Gasteiger partial charge in [-0.15, -0.1) is 0 Å². The van der Waals surface area contributed by atoms with Crippen LogP contribution in [-0.4, -0.2) is 23.5 Å². The van der Waals surface area contributed by atoms with Crippen molar-refractivity contribution in [2.24, 2.45) is 0 Å². The molecule has 0 aliphatic carbocycles. The first-order valence-electron chi connectivity index (χ1n) is 5.95. The maximum atomic E-state index is 11.7. The number of allylic oxidation sites excluding steroid dienone is 2. The van der Waals surface area contributed by atoms with E-state index in [9.17, 15) is 14.7 Å². The van der Waals surface area contributed by atoms with Crippen molar-refractivity contribution in [2.75, 3.05) is 6.61 Å². The highest BCUT2D eigenvalue weighted by atomic mass is 16.5. The Labute approximate surface area is 112 Å². The van der Waals surface area contributed by atoms with E-state index in [-0.39, 0.29) is 18.0 Å². The standard InChI is InChI=1S/C15H16O4/c1-2-19-15(18)11-9-13(16)8-10-14(17)12-6-4-3-5-7-12/h3-10,16H,2,11H2,1H3. The molecule has 1 aromatic rings. The van der Waals surface area contributed by atoms with Gasteiger partial charge in [0.05, 0.1) is 13.0 Å². The van der Waals surface area contributed by atoms with Gasteiger partial charge >= 0.3 is 5.97 Å². The van der Waals surface area contributed by atoms with E-state index < -0.39 is 5.97 Å². The highest BCUT2D eigenvalue weighted by Crippen LogP contribution is 2.03. The van der Waals surface area contributed by atoms with E-state index in [0.29, 0.717) is 12.2 Å². The number of esters is 1. The summed E-state index contributed by atoms with van der Waals surface area (Å²) in [7, 11) is 0. The summed E-state index contributed by atoms with van der Waals surface area (Å²) in [5, 5.41) is 9.48. The lowest BCUT2D eigenvalue weighted by molar-refractivity contribution is -0.142. The highest BCUT2D eigenvalue weighted by Gasteiger charge is 2.01. The molecule has 100 valence electrons. The highest BCUT2D eigenvalue weighted by molar-refractivity contribution is 6.04. The molecule has 0 aromatic heterocycles. The minimum absolute atomic E-state index is 0.0243. The zero-order valence-corrected chi connectivity index (χ0v) is 10.7. The molecule has 0 aliphatic rings. The number of ether oxygens (including phenoxy) is 1. The average Bonchev–Trinajstić information content (AvgIpc) is 2.44. The molecule has 0 heterocycles. The first-order chi connectivity index (χ1) is 9.13. The summed E-state index contributed by atoms with van der Waals surface area (Å²) in [4.78, 5) is 22.7. The van der Waals surface area contributed by atoms with Crippen molar-refractivity contribution in [3.05, 3.63) is 59.9 Å². The Hall–Kier alpha value is -2.36. The molecule has 1 N–H and O–H groups in total. The lowest BCUT2D eigenvalue weighted by atomic mass is 10.1. The van der Waals surface area contributed by atoms with Crippen LogP contribution in [0.2, 0.25) is 0 Å². The third-order valence-electron chi connectivity index (χ3n) is 2.25. The quantitative estimate of drug-likeness (QED) is 0.281. The molecule has 4 nitrogen and oxygen atoms in total. The molecular weight excluding hydrogens is 244 g/mol. The topological polar surface area (TPSA) is 63.6 Å². The predicted octanol–water partition coefficient (Wildman–Crippen LogP) is 2.82. The Morgan fingerprint density at radius 1 is 1.21 bits per heavy atom. The van der Waals surface area contributed by atoms with Crippen LogP contribution in [0, 0.1) is 0 Å². The largest absolute Gasteiger partial charge is 0.508 e. The lowest BCUT2D eigenvalue weighted by Crippen LogP contribution is -2.02. The summed E-state index contributed by atoms with van der Waals surface area (Å²) in [5.74, 6) is -0.772. The first kappa shape index (κ1) is 14.7. The summed E-state index contributed by atoms with van der Waals surface area (Å²) in [6, 6.07) is 8.71. The zero-order valence-electron chi connectivity index (χ0n) is 10.7. The van der Waals surface area contributed by atoms with Crippen LogP contribution in [0.15, 0.2) is 54.3 Å². The van der Waals surface area contributed by atoms with Crippen molar-refractivity contribution in [1.29, 1.82) is 0 Å². The van der Waals surface area contributed by atoms with E-state index in [1.165, 1.54) is 18.2 Å². The van der Waals surface area contributed by atoms with E-state index >= 15 is 0 Å². The molecular formula is C15H16O4. The van der Waals surface area contributed by atoms with E-state index in [2.05, 4.69) is 0 Å². The van der Waals surface area contributed by atoms with E-state index in [1.807, 2.05) is 6.07 Å². The fraction of sp³-hybridized carbons (Fsp3) is 0.200. The van der Waals surface area contributed by atoms with Gasteiger partial charge in [0.1, 0.15) is 5.76 Å². The molecule has 1 rings (SSSR count). The van der Waals surface area contributed by atoms with Gasteiger partial charge in [-0.2, -0.15) is 0 Å². The number of hydrogen-bond acceptors (Lipinski definition) is 4. The van der Waals surface area contributed by atoms with Crippen LogP contribution in [0.25, 0.3) is 0 Å².